The molecule has 0 bridgehead atoms. The summed E-state index contributed by atoms with van der Waals surface area (Å²) in [4.78, 5) is 6.48. The van der Waals surface area contributed by atoms with E-state index in [0.29, 0.717) is 0 Å². The molecule has 0 amide bonds. The van der Waals surface area contributed by atoms with Crippen LogP contribution in [0.4, 0.5) is 15.9 Å². The number of halogens is 1. The molecule has 0 unspecified atom stereocenters. The van der Waals surface area contributed by atoms with Gasteiger partial charge in [0, 0.05) is 24.5 Å². The molecular formula is C15H16FN3. The predicted molar refractivity (Wildman–Crippen MR) is 73.9 cm³/mol. The maximum atomic E-state index is 13.4. The minimum absolute atomic E-state index is 0.0233. The van der Waals surface area contributed by atoms with E-state index in [4.69, 9.17) is 5.73 Å². The molecule has 3 rings (SSSR count). The predicted octanol–water partition coefficient (Wildman–Crippen LogP) is 2.93. The fraction of sp³-hybridized carbons (Fsp3) is 0.267. The van der Waals surface area contributed by atoms with E-state index in [-0.39, 0.29) is 11.9 Å². The molecule has 0 radical (unpaired) electrons. The highest BCUT2D eigenvalue weighted by Crippen LogP contribution is 2.34. The Labute approximate surface area is 111 Å². The lowest BCUT2D eigenvalue weighted by atomic mass is 10.1. The fourth-order valence-corrected chi connectivity index (χ4v) is 2.42. The van der Waals surface area contributed by atoms with Crippen LogP contribution in [0.3, 0.4) is 0 Å². The molecule has 1 aromatic carbocycles. The average Bonchev–Trinajstić information content (AvgIpc) is 2.81. The number of anilines is 2. The topological polar surface area (TPSA) is 42.1 Å². The van der Waals surface area contributed by atoms with E-state index >= 15 is 0 Å². The van der Waals surface area contributed by atoms with Gasteiger partial charge in [0.25, 0.3) is 0 Å². The third-order valence-corrected chi connectivity index (χ3v) is 3.52. The Balaban J connectivity index is 1.95. The normalized spacial score (nSPS) is 15.4. The Bertz CT molecular complexity index is 593. The summed E-state index contributed by atoms with van der Waals surface area (Å²) in [6, 6.07) is 8.83. The van der Waals surface area contributed by atoms with Gasteiger partial charge in [-0.05, 0) is 42.7 Å². The maximum absolute atomic E-state index is 13.4. The second-order valence-electron chi connectivity index (χ2n) is 4.91. The molecule has 0 fully saturated rings. The van der Waals surface area contributed by atoms with Crippen LogP contribution in [0.25, 0.3) is 0 Å². The van der Waals surface area contributed by atoms with Crippen LogP contribution in [-0.4, -0.2) is 11.5 Å². The van der Waals surface area contributed by atoms with Gasteiger partial charge in [0.1, 0.15) is 11.6 Å². The first-order valence-electron chi connectivity index (χ1n) is 6.42. The molecule has 3 nitrogen and oxygen atoms in total. The monoisotopic (exact) mass is 257 g/mol. The van der Waals surface area contributed by atoms with Crippen LogP contribution in [0, 0.1) is 5.82 Å². The summed E-state index contributed by atoms with van der Waals surface area (Å²) in [5.41, 5.74) is 8.90. The number of hydrogen-bond donors (Lipinski definition) is 1. The quantitative estimate of drug-likeness (QED) is 0.899. The maximum Gasteiger partial charge on any atom is 0.132 e. The highest BCUT2D eigenvalue weighted by molar-refractivity contribution is 5.67. The summed E-state index contributed by atoms with van der Waals surface area (Å²) < 4.78 is 13.4. The standard InChI is InChI=1S/C15H16FN3/c1-10(17)12-3-5-15(18-9-12)19-7-6-11-2-4-13(16)8-14(11)19/h2-5,8-10H,6-7,17H2,1H3/t10-/m1/s1. The Morgan fingerprint density at radius 3 is 2.84 bits per heavy atom. The van der Waals surface area contributed by atoms with Gasteiger partial charge in [0.05, 0.1) is 0 Å². The molecule has 1 aliphatic rings. The Morgan fingerprint density at radius 2 is 2.16 bits per heavy atom. The van der Waals surface area contributed by atoms with E-state index in [9.17, 15) is 4.39 Å². The van der Waals surface area contributed by atoms with Gasteiger partial charge in [0.15, 0.2) is 0 Å². The van der Waals surface area contributed by atoms with E-state index in [1.54, 1.807) is 12.3 Å². The fourth-order valence-electron chi connectivity index (χ4n) is 2.42. The zero-order valence-electron chi connectivity index (χ0n) is 10.8. The van der Waals surface area contributed by atoms with Crippen LogP contribution in [0.1, 0.15) is 24.1 Å². The third-order valence-electron chi connectivity index (χ3n) is 3.52. The molecule has 1 atom stereocenters. The van der Waals surface area contributed by atoms with Gasteiger partial charge in [-0.3, -0.25) is 0 Å². The first-order valence-corrected chi connectivity index (χ1v) is 6.42. The minimum atomic E-state index is -0.210. The van der Waals surface area contributed by atoms with Crippen molar-refractivity contribution in [2.75, 3.05) is 11.4 Å². The SMILES string of the molecule is C[C@@H](N)c1ccc(N2CCc3ccc(F)cc32)nc1. The van der Waals surface area contributed by atoms with E-state index in [1.807, 2.05) is 30.0 Å². The molecule has 2 heterocycles. The van der Waals surface area contributed by atoms with Gasteiger partial charge >= 0.3 is 0 Å². The summed E-state index contributed by atoms with van der Waals surface area (Å²) in [7, 11) is 0. The van der Waals surface area contributed by atoms with Gasteiger partial charge in [-0.1, -0.05) is 12.1 Å². The highest BCUT2D eigenvalue weighted by atomic mass is 19.1. The summed E-state index contributed by atoms with van der Waals surface area (Å²) >= 11 is 0. The number of nitrogens with two attached hydrogens (primary N) is 1. The smallest absolute Gasteiger partial charge is 0.132 e. The van der Waals surface area contributed by atoms with Crippen LogP contribution >= 0.6 is 0 Å². The van der Waals surface area contributed by atoms with Crippen molar-refractivity contribution in [1.82, 2.24) is 4.98 Å². The van der Waals surface area contributed by atoms with E-state index in [1.165, 1.54) is 11.6 Å². The van der Waals surface area contributed by atoms with Crippen molar-refractivity contribution in [3.05, 3.63) is 53.5 Å². The zero-order chi connectivity index (χ0) is 13.4. The second kappa shape index (κ2) is 4.63. The van der Waals surface area contributed by atoms with Gasteiger partial charge < -0.3 is 10.6 Å². The summed E-state index contributed by atoms with van der Waals surface area (Å²) in [5.74, 6) is 0.631. The summed E-state index contributed by atoms with van der Waals surface area (Å²) in [6.07, 6.45) is 2.71. The first kappa shape index (κ1) is 12.1. The van der Waals surface area contributed by atoms with Crippen molar-refractivity contribution in [2.45, 2.75) is 19.4 Å². The van der Waals surface area contributed by atoms with Crippen LogP contribution in [0.2, 0.25) is 0 Å². The molecule has 2 aromatic rings. The van der Waals surface area contributed by atoms with Gasteiger partial charge in [-0.15, -0.1) is 0 Å². The van der Waals surface area contributed by atoms with Crippen molar-refractivity contribution in [3.63, 3.8) is 0 Å². The Morgan fingerprint density at radius 1 is 1.32 bits per heavy atom. The number of benzene rings is 1. The lowest BCUT2D eigenvalue weighted by molar-refractivity contribution is 0.628. The molecule has 1 aromatic heterocycles. The van der Waals surface area contributed by atoms with Crippen LogP contribution in [0.5, 0.6) is 0 Å². The Kier molecular flexibility index (Phi) is 2.95. The van der Waals surface area contributed by atoms with Crippen molar-refractivity contribution in [2.24, 2.45) is 5.73 Å². The van der Waals surface area contributed by atoms with Gasteiger partial charge in [0.2, 0.25) is 0 Å². The molecule has 2 N–H and O–H groups in total. The molecule has 0 saturated heterocycles. The zero-order valence-corrected chi connectivity index (χ0v) is 10.8. The molecule has 0 aliphatic carbocycles. The van der Waals surface area contributed by atoms with Crippen molar-refractivity contribution in [1.29, 1.82) is 0 Å². The molecule has 4 heteroatoms. The second-order valence-corrected chi connectivity index (χ2v) is 4.91. The minimum Gasteiger partial charge on any atom is -0.326 e. The number of pyridine rings is 1. The number of rotatable bonds is 2. The van der Waals surface area contributed by atoms with E-state index in [0.717, 1.165) is 30.0 Å². The number of fused-ring (bicyclic) bond motifs is 1. The first-order chi connectivity index (χ1) is 9.15. The van der Waals surface area contributed by atoms with Crippen LogP contribution < -0.4 is 10.6 Å². The molecule has 19 heavy (non-hydrogen) atoms. The molecular weight excluding hydrogens is 241 g/mol. The largest absolute Gasteiger partial charge is 0.326 e. The summed E-state index contributed by atoms with van der Waals surface area (Å²) in [5, 5.41) is 0. The van der Waals surface area contributed by atoms with Crippen molar-refractivity contribution < 1.29 is 4.39 Å². The van der Waals surface area contributed by atoms with Crippen LogP contribution in [-0.2, 0) is 6.42 Å². The van der Waals surface area contributed by atoms with Gasteiger partial charge in [-0.25, -0.2) is 9.37 Å². The van der Waals surface area contributed by atoms with E-state index in [2.05, 4.69) is 4.98 Å². The number of nitrogens with zero attached hydrogens (tertiary/aromatic N) is 2. The van der Waals surface area contributed by atoms with E-state index < -0.39 is 0 Å². The van der Waals surface area contributed by atoms with Crippen molar-refractivity contribution >= 4 is 11.5 Å². The van der Waals surface area contributed by atoms with Gasteiger partial charge in [-0.2, -0.15) is 0 Å². The Hall–Kier alpha value is -1.94. The lowest BCUT2D eigenvalue weighted by Crippen LogP contribution is -2.15. The number of hydrogen-bond acceptors (Lipinski definition) is 3. The highest BCUT2D eigenvalue weighted by Gasteiger charge is 2.21. The number of aromatic nitrogens is 1. The lowest BCUT2D eigenvalue weighted by Gasteiger charge is -2.19. The molecule has 1 aliphatic heterocycles. The van der Waals surface area contributed by atoms with Crippen molar-refractivity contribution in [3.8, 4) is 0 Å². The average molecular weight is 257 g/mol. The molecule has 0 spiro atoms. The summed E-state index contributed by atoms with van der Waals surface area (Å²) in [6.45, 7) is 2.76. The molecule has 0 saturated carbocycles. The third kappa shape index (κ3) is 2.19. The van der Waals surface area contributed by atoms with Crippen LogP contribution in [0.15, 0.2) is 36.5 Å². The molecule has 98 valence electrons.